The van der Waals surface area contributed by atoms with E-state index >= 15 is 0 Å². The van der Waals surface area contributed by atoms with Gasteiger partial charge in [0.2, 0.25) is 0 Å². The van der Waals surface area contributed by atoms with Crippen molar-refractivity contribution < 1.29 is 9.90 Å². The van der Waals surface area contributed by atoms with Crippen LogP contribution in [0.4, 0.5) is 5.13 Å². The van der Waals surface area contributed by atoms with E-state index in [0.717, 1.165) is 42.6 Å². The zero-order valence-corrected chi connectivity index (χ0v) is 13.3. The average molecular weight is 317 g/mol. The predicted molar refractivity (Wildman–Crippen MR) is 89.3 cm³/mol. The van der Waals surface area contributed by atoms with Crippen LogP contribution < -0.4 is 4.90 Å². The molecular weight excluding hydrogens is 298 g/mol. The maximum absolute atomic E-state index is 11.0. The van der Waals surface area contributed by atoms with Crippen LogP contribution in [0.3, 0.4) is 0 Å². The molecule has 1 aliphatic heterocycles. The number of carbonyl (C=O) groups is 1. The Morgan fingerprint density at radius 1 is 1.32 bits per heavy atom. The van der Waals surface area contributed by atoms with Crippen molar-refractivity contribution in [1.29, 1.82) is 0 Å². The Labute approximate surface area is 133 Å². The van der Waals surface area contributed by atoms with E-state index in [0.29, 0.717) is 12.0 Å². The monoisotopic (exact) mass is 317 g/mol. The summed E-state index contributed by atoms with van der Waals surface area (Å²) in [5, 5.41) is 12.2. The molecule has 2 heterocycles. The average Bonchev–Trinajstić information content (AvgIpc) is 2.85. The second-order valence-electron chi connectivity index (χ2n) is 5.53. The molecule has 1 aromatic heterocycles. The summed E-state index contributed by atoms with van der Waals surface area (Å²) in [6.07, 6.45) is 7.71. The first kappa shape index (κ1) is 15.0. The highest BCUT2D eigenvalue weighted by molar-refractivity contribution is 7.13. The number of piperazine rings is 1. The fourth-order valence-corrected chi connectivity index (χ4v) is 3.43. The maximum Gasteiger partial charge on any atom is 0.335 e. The van der Waals surface area contributed by atoms with Crippen LogP contribution >= 0.6 is 11.3 Å². The van der Waals surface area contributed by atoms with Gasteiger partial charge in [-0.3, -0.25) is 0 Å². The number of carboxylic acids is 1. The van der Waals surface area contributed by atoms with Gasteiger partial charge in [0.15, 0.2) is 5.13 Å². The first-order valence-corrected chi connectivity index (χ1v) is 8.21. The van der Waals surface area contributed by atoms with Gasteiger partial charge in [0.25, 0.3) is 0 Å². The molecule has 1 fully saturated rings. The molecule has 0 atom stereocenters. The van der Waals surface area contributed by atoms with Crippen molar-refractivity contribution in [3.63, 3.8) is 0 Å². The van der Waals surface area contributed by atoms with Crippen LogP contribution in [0.1, 0.15) is 12.1 Å². The molecule has 22 heavy (non-hydrogen) atoms. The summed E-state index contributed by atoms with van der Waals surface area (Å²) in [4.78, 5) is 20.4. The van der Waals surface area contributed by atoms with Gasteiger partial charge >= 0.3 is 5.97 Å². The minimum absolute atomic E-state index is 0.334. The van der Waals surface area contributed by atoms with Crippen molar-refractivity contribution >= 4 is 28.0 Å². The topological polar surface area (TPSA) is 56.7 Å². The fraction of sp³-hybridized carbons (Fsp3) is 0.375. The van der Waals surface area contributed by atoms with Crippen LogP contribution in [-0.4, -0.2) is 54.2 Å². The molecule has 0 radical (unpaired) electrons. The van der Waals surface area contributed by atoms with Gasteiger partial charge in [-0.05, 0) is 25.1 Å². The summed E-state index contributed by atoms with van der Waals surface area (Å²) in [7, 11) is 2.14. The molecule has 6 heteroatoms. The summed E-state index contributed by atoms with van der Waals surface area (Å²) in [5.41, 5.74) is 2.34. The number of aliphatic carboxylic acids is 1. The normalized spacial score (nSPS) is 19.6. The molecule has 0 aromatic carbocycles. The molecule has 116 valence electrons. The van der Waals surface area contributed by atoms with Gasteiger partial charge in [-0.1, -0.05) is 18.2 Å². The summed E-state index contributed by atoms with van der Waals surface area (Å²) < 4.78 is 0. The maximum atomic E-state index is 11.0. The third-order valence-corrected chi connectivity index (χ3v) is 4.86. The number of allylic oxidation sites excluding steroid dienone is 4. The number of aromatic nitrogens is 1. The molecular formula is C16H19N3O2S. The van der Waals surface area contributed by atoms with Crippen molar-refractivity contribution in [3.8, 4) is 0 Å². The minimum Gasteiger partial charge on any atom is -0.478 e. The van der Waals surface area contributed by atoms with Crippen LogP contribution in [0.15, 0.2) is 35.3 Å². The highest BCUT2D eigenvalue weighted by Gasteiger charge is 2.18. The molecule has 1 saturated heterocycles. The molecule has 3 rings (SSSR count). The van der Waals surface area contributed by atoms with Crippen LogP contribution in [0.2, 0.25) is 0 Å². The molecule has 1 N–H and O–H groups in total. The number of thiazole rings is 1. The van der Waals surface area contributed by atoms with E-state index in [1.807, 2.05) is 6.08 Å². The fourth-order valence-electron chi connectivity index (χ4n) is 2.53. The Morgan fingerprint density at radius 2 is 2.09 bits per heavy atom. The minimum atomic E-state index is -0.887. The standard InChI is InChI=1S/C16H19N3O2S/c1-18-7-9-19(10-8-18)16-17-14(11-22-16)12-3-2-4-13(6-5-12)15(20)21/h2-4,6,11H,5,7-10H2,1H3,(H,20,21). The zero-order valence-electron chi connectivity index (χ0n) is 12.5. The first-order valence-electron chi connectivity index (χ1n) is 7.33. The third-order valence-electron chi connectivity index (χ3n) is 3.96. The molecule has 1 aromatic rings. The third kappa shape index (κ3) is 3.28. The number of hydrogen-bond donors (Lipinski definition) is 1. The number of likely N-dealkylation sites (N-methyl/N-ethyl adjacent to an activating group) is 1. The van der Waals surface area contributed by atoms with Gasteiger partial charge in [0.05, 0.1) is 11.3 Å². The summed E-state index contributed by atoms with van der Waals surface area (Å²) >= 11 is 1.66. The smallest absolute Gasteiger partial charge is 0.335 e. The Morgan fingerprint density at radius 3 is 2.82 bits per heavy atom. The number of rotatable bonds is 3. The van der Waals surface area contributed by atoms with Gasteiger partial charge in [-0.25, -0.2) is 9.78 Å². The van der Waals surface area contributed by atoms with Crippen LogP contribution in [0.5, 0.6) is 0 Å². The van der Waals surface area contributed by atoms with E-state index in [-0.39, 0.29) is 0 Å². The molecule has 1 aliphatic carbocycles. The van der Waals surface area contributed by atoms with E-state index in [2.05, 4.69) is 22.2 Å². The van der Waals surface area contributed by atoms with Gasteiger partial charge < -0.3 is 14.9 Å². The Kier molecular flexibility index (Phi) is 4.40. The van der Waals surface area contributed by atoms with Gasteiger partial charge in [0.1, 0.15) is 0 Å². The Balaban J connectivity index is 1.73. The lowest BCUT2D eigenvalue weighted by molar-refractivity contribution is -0.132. The van der Waals surface area contributed by atoms with Gasteiger partial charge in [-0.2, -0.15) is 0 Å². The van der Waals surface area contributed by atoms with E-state index in [4.69, 9.17) is 10.1 Å². The van der Waals surface area contributed by atoms with Crippen molar-refractivity contribution in [2.45, 2.75) is 6.42 Å². The number of anilines is 1. The second-order valence-corrected chi connectivity index (χ2v) is 6.36. The molecule has 0 spiro atoms. The van der Waals surface area contributed by atoms with E-state index < -0.39 is 5.97 Å². The van der Waals surface area contributed by atoms with E-state index in [9.17, 15) is 4.79 Å². The lowest BCUT2D eigenvalue weighted by Gasteiger charge is -2.32. The van der Waals surface area contributed by atoms with Crippen molar-refractivity contribution in [3.05, 3.63) is 41.0 Å². The van der Waals surface area contributed by atoms with Crippen molar-refractivity contribution in [2.75, 3.05) is 38.1 Å². The molecule has 0 saturated carbocycles. The number of carboxylic acid groups (broad SMARTS) is 1. The molecule has 2 aliphatic rings. The molecule has 5 nitrogen and oxygen atoms in total. The lowest BCUT2D eigenvalue weighted by atomic mass is 10.1. The molecule has 0 unspecified atom stereocenters. The Hall–Kier alpha value is -1.92. The second kappa shape index (κ2) is 6.46. The number of nitrogens with zero attached hydrogens (tertiary/aromatic N) is 3. The summed E-state index contributed by atoms with van der Waals surface area (Å²) in [6.45, 7) is 4.13. The molecule has 0 bridgehead atoms. The lowest BCUT2D eigenvalue weighted by Crippen LogP contribution is -2.44. The van der Waals surface area contributed by atoms with E-state index in [1.54, 1.807) is 29.6 Å². The van der Waals surface area contributed by atoms with Gasteiger partial charge in [0, 0.05) is 31.6 Å². The largest absolute Gasteiger partial charge is 0.478 e. The van der Waals surface area contributed by atoms with Crippen LogP contribution in [-0.2, 0) is 4.79 Å². The highest BCUT2D eigenvalue weighted by atomic mass is 32.1. The summed E-state index contributed by atoms with van der Waals surface area (Å²) in [5.74, 6) is -0.887. The van der Waals surface area contributed by atoms with Gasteiger partial charge in [-0.15, -0.1) is 11.3 Å². The predicted octanol–water partition coefficient (Wildman–Crippen LogP) is 2.25. The zero-order chi connectivity index (χ0) is 15.5. The Bertz CT molecular complexity index is 652. The highest BCUT2D eigenvalue weighted by Crippen LogP contribution is 2.28. The molecule has 0 amide bonds. The summed E-state index contributed by atoms with van der Waals surface area (Å²) in [6, 6.07) is 0. The van der Waals surface area contributed by atoms with Crippen LogP contribution in [0.25, 0.3) is 5.57 Å². The van der Waals surface area contributed by atoms with E-state index in [1.165, 1.54) is 0 Å². The quantitative estimate of drug-likeness (QED) is 0.926. The van der Waals surface area contributed by atoms with Crippen molar-refractivity contribution in [1.82, 2.24) is 9.88 Å². The SMILES string of the molecule is CN1CCN(c2nc(C3=CC=CC(C(=O)O)=CC3)cs2)CC1. The van der Waals surface area contributed by atoms with Crippen molar-refractivity contribution in [2.24, 2.45) is 0 Å². The number of hydrogen-bond acceptors (Lipinski definition) is 5. The van der Waals surface area contributed by atoms with Crippen LogP contribution in [0, 0.1) is 0 Å². The first-order chi connectivity index (χ1) is 10.6.